The molecule has 0 unspecified atom stereocenters. The van der Waals surface area contributed by atoms with Gasteiger partial charge in [-0.3, -0.25) is 4.79 Å². The molecule has 8 nitrogen and oxygen atoms in total. The van der Waals surface area contributed by atoms with Crippen molar-refractivity contribution in [3.05, 3.63) is 53.9 Å². The Morgan fingerprint density at radius 2 is 1.85 bits per heavy atom. The topological polar surface area (TPSA) is 83.9 Å². The van der Waals surface area contributed by atoms with Gasteiger partial charge in [0, 0.05) is 37.2 Å². The van der Waals surface area contributed by atoms with E-state index < -0.39 is 5.97 Å². The first kappa shape index (κ1) is 24.4. The zero-order chi connectivity index (χ0) is 24.0. The van der Waals surface area contributed by atoms with Crippen LogP contribution in [0.5, 0.6) is 0 Å². The zero-order valence-corrected chi connectivity index (χ0v) is 19.9. The van der Waals surface area contributed by atoms with Crippen LogP contribution in [0.4, 0.5) is 10.5 Å². The van der Waals surface area contributed by atoms with Crippen LogP contribution in [0, 0.1) is 5.92 Å². The molecule has 0 atom stereocenters. The summed E-state index contributed by atoms with van der Waals surface area (Å²) < 4.78 is 7.00. The summed E-state index contributed by atoms with van der Waals surface area (Å²) in [6, 6.07) is 10.4. The van der Waals surface area contributed by atoms with E-state index in [0.717, 1.165) is 18.5 Å². The highest BCUT2D eigenvalue weighted by Gasteiger charge is 2.34. The molecule has 0 bridgehead atoms. The Balaban J connectivity index is 1.66. The predicted molar refractivity (Wildman–Crippen MR) is 127 cm³/mol. The molecular formula is C25H34N4O4. The van der Waals surface area contributed by atoms with Crippen LogP contribution in [-0.2, 0) is 23.1 Å². The van der Waals surface area contributed by atoms with Crippen molar-refractivity contribution in [3.63, 3.8) is 0 Å². The number of aryl methyl sites for hydroxylation is 1. The number of carbonyl (C=O) groups is 3. The maximum Gasteiger partial charge on any atom is 0.338 e. The van der Waals surface area contributed by atoms with Gasteiger partial charge in [-0.1, -0.05) is 13.8 Å². The van der Waals surface area contributed by atoms with Crippen molar-refractivity contribution >= 4 is 23.6 Å². The average molecular weight is 455 g/mol. The number of rotatable bonds is 10. The number of benzene rings is 1. The van der Waals surface area contributed by atoms with Gasteiger partial charge in [0.25, 0.3) is 0 Å². The Morgan fingerprint density at radius 3 is 2.39 bits per heavy atom. The summed E-state index contributed by atoms with van der Waals surface area (Å²) in [5.74, 6) is -0.245. The molecule has 1 aliphatic rings. The molecule has 0 spiro atoms. The zero-order valence-electron chi connectivity index (χ0n) is 19.9. The second-order valence-corrected chi connectivity index (χ2v) is 8.87. The first-order valence-corrected chi connectivity index (χ1v) is 11.5. The Bertz CT molecular complexity index is 963. The second-order valence-electron chi connectivity index (χ2n) is 8.87. The number of amides is 3. The van der Waals surface area contributed by atoms with E-state index in [1.54, 1.807) is 36.1 Å². The van der Waals surface area contributed by atoms with Crippen LogP contribution in [0.1, 0.15) is 49.7 Å². The van der Waals surface area contributed by atoms with E-state index in [-0.39, 0.29) is 30.4 Å². The van der Waals surface area contributed by atoms with Crippen molar-refractivity contribution in [1.29, 1.82) is 0 Å². The molecule has 1 fully saturated rings. The minimum Gasteiger partial charge on any atom is -0.462 e. The Kier molecular flexibility index (Phi) is 8.14. The number of ether oxygens (including phenoxy) is 1. The minimum absolute atomic E-state index is 0.0197. The third-order valence-corrected chi connectivity index (χ3v) is 5.54. The molecule has 2 aromatic rings. The summed E-state index contributed by atoms with van der Waals surface area (Å²) in [5, 5.41) is 2.85. The average Bonchev–Trinajstić information content (AvgIpc) is 3.53. The van der Waals surface area contributed by atoms with Crippen LogP contribution >= 0.6 is 0 Å². The van der Waals surface area contributed by atoms with Gasteiger partial charge in [0.05, 0.1) is 18.7 Å². The van der Waals surface area contributed by atoms with Crippen molar-refractivity contribution in [2.75, 3.05) is 25.0 Å². The molecule has 0 aliphatic heterocycles. The number of hydrogen-bond acceptors (Lipinski definition) is 4. The molecule has 0 radical (unpaired) electrons. The van der Waals surface area contributed by atoms with Crippen molar-refractivity contribution in [3.8, 4) is 0 Å². The first-order chi connectivity index (χ1) is 15.8. The Hall–Kier alpha value is -3.29. The highest BCUT2D eigenvalue weighted by atomic mass is 16.5. The fourth-order valence-electron chi connectivity index (χ4n) is 3.66. The van der Waals surface area contributed by atoms with E-state index in [1.807, 2.05) is 48.7 Å². The smallest absolute Gasteiger partial charge is 0.338 e. The Labute approximate surface area is 195 Å². The van der Waals surface area contributed by atoms with E-state index >= 15 is 0 Å². The van der Waals surface area contributed by atoms with Crippen molar-refractivity contribution in [2.45, 2.75) is 46.2 Å². The van der Waals surface area contributed by atoms with Gasteiger partial charge in [-0.15, -0.1) is 0 Å². The highest BCUT2D eigenvalue weighted by molar-refractivity contribution is 5.94. The number of carbonyl (C=O) groups excluding carboxylic acids is 3. The molecule has 0 saturated heterocycles. The third-order valence-electron chi connectivity index (χ3n) is 5.54. The van der Waals surface area contributed by atoms with Gasteiger partial charge in [0.1, 0.15) is 6.54 Å². The summed E-state index contributed by atoms with van der Waals surface area (Å²) >= 11 is 0. The van der Waals surface area contributed by atoms with Crippen LogP contribution < -0.4 is 5.32 Å². The van der Waals surface area contributed by atoms with Gasteiger partial charge in [0.15, 0.2) is 0 Å². The molecule has 1 aromatic heterocycles. The first-order valence-electron chi connectivity index (χ1n) is 11.5. The summed E-state index contributed by atoms with van der Waals surface area (Å²) in [7, 11) is 1.97. The highest BCUT2D eigenvalue weighted by Crippen LogP contribution is 2.28. The summed E-state index contributed by atoms with van der Waals surface area (Å²) in [5.41, 5.74) is 2.04. The number of hydrogen-bond donors (Lipinski definition) is 1. The molecule has 3 rings (SSSR count). The normalized spacial score (nSPS) is 13.0. The maximum atomic E-state index is 13.2. The lowest BCUT2D eigenvalue weighted by Gasteiger charge is -2.29. The molecule has 1 N–H and O–H groups in total. The van der Waals surface area contributed by atoms with Crippen LogP contribution in [0.25, 0.3) is 0 Å². The van der Waals surface area contributed by atoms with Gasteiger partial charge in [-0.2, -0.15) is 0 Å². The van der Waals surface area contributed by atoms with Gasteiger partial charge in [0.2, 0.25) is 5.91 Å². The number of anilines is 1. The van der Waals surface area contributed by atoms with E-state index in [4.69, 9.17) is 4.74 Å². The van der Waals surface area contributed by atoms with Crippen molar-refractivity contribution in [1.82, 2.24) is 14.4 Å². The third kappa shape index (κ3) is 6.84. The van der Waals surface area contributed by atoms with Crippen LogP contribution in [0.2, 0.25) is 0 Å². The standard InChI is InChI=1S/C25H34N4O4/c1-5-33-24(31)19-8-10-20(11-9-19)26-25(32)28(15-18(2)3)17-23(30)29(21-12-13-21)16-22-7-6-14-27(22)4/h6-11,14,18,21H,5,12-13,15-17H2,1-4H3,(H,26,32). The van der Waals surface area contributed by atoms with Gasteiger partial charge in [-0.25, -0.2) is 9.59 Å². The minimum atomic E-state index is -0.402. The number of nitrogens with zero attached hydrogens (tertiary/aromatic N) is 3. The second kappa shape index (κ2) is 11.0. The van der Waals surface area contributed by atoms with Crippen LogP contribution in [-0.4, -0.2) is 58.0 Å². The van der Waals surface area contributed by atoms with Crippen LogP contribution in [0.3, 0.4) is 0 Å². The molecule has 8 heteroatoms. The van der Waals surface area contributed by atoms with E-state index in [2.05, 4.69) is 5.32 Å². The molecular weight excluding hydrogens is 420 g/mol. The van der Waals surface area contributed by atoms with E-state index in [0.29, 0.717) is 30.9 Å². The fraction of sp³-hybridized carbons (Fsp3) is 0.480. The Morgan fingerprint density at radius 1 is 1.15 bits per heavy atom. The number of esters is 1. The maximum absolute atomic E-state index is 13.2. The SMILES string of the molecule is CCOC(=O)c1ccc(NC(=O)N(CC(=O)N(Cc2cccn2C)C2CC2)CC(C)C)cc1. The fourth-order valence-corrected chi connectivity index (χ4v) is 3.66. The summed E-state index contributed by atoms with van der Waals surface area (Å²) in [6.45, 7) is 7.11. The largest absolute Gasteiger partial charge is 0.462 e. The lowest BCUT2D eigenvalue weighted by atomic mass is 10.2. The molecule has 1 aromatic carbocycles. The van der Waals surface area contributed by atoms with E-state index in [1.165, 1.54) is 0 Å². The summed E-state index contributed by atoms with van der Waals surface area (Å²) in [4.78, 5) is 41.5. The molecule has 1 heterocycles. The molecule has 3 amide bonds. The molecule has 1 aliphatic carbocycles. The summed E-state index contributed by atoms with van der Waals surface area (Å²) in [6.07, 6.45) is 3.97. The van der Waals surface area contributed by atoms with Crippen molar-refractivity contribution in [2.24, 2.45) is 13.0 Å². The van der Waals surface area contributed by atoms with Gasteiger partial charge >= 0.3 is 12.0 Å². The lowest BCUT2D eigenvalue weighted by Crippen LogP contribution is -2.46. The number of nitrogens with one attached hydrogen (secondary N) is 1. The molecule has 1 saturated carbocycles. The number of urea groups is 1. The monoisotopic (exact) mass is 454 g/mol. The molecule has 33 heavy (non-hydrogen) atoms. The van der Waals surface area contributed by atoms with E-state index in [9.17, 15) is 14.4 Å². The van der Waals surface area contributed by atoms with Crippen molar-refractivity contribution < 1.29 is 19.1 Å². The quantitative estimate of drug-likeness (QED) is 0.552. The number of aromatic nitrogens is 1. The van der Waals surface area contributed by atoms with Crippen LogP contribution in [0.15, 0.2) is 42.6 Å². The van der Waals surface area contributed by atoms with Gasteiger partial charge in [-0.05, 0) is 62.1 Å². The molecule has 178 valence electrons. The van der Waals surface area contributed by atoms with Gasteiger partial charge < -0.3 is 24.4 Å². The lowest BCUT2D eigenvalue weighted by molar-refractivity contribution is -0.133. The predicted octanol–water partition coefficient (Wildman–Crippen LogP) is 3.88.